The summed E-state index contributed by atoms with van der Waals surface area (Å²) in [4.78, 5) is 12.0. The number of nitrogens with two attached hydrogens (primary N) is 1. The van der Waals surface area contributed by atoms with Gasteiger partial charge in [0.2, 0.25) is 0 Å². The zero-order chi connectivity index (χ0) is 12.0. The van der Waals surface area contributed by atoms with Crippen LogP contribution in [-0.2, 0) is 0 Å². The fourth-order valence-electron chi connectivity index (χ4n) is 1.76. The second-order valence-electron chi connectivity index (χ2n) is 4.54. The molecular weight excluding hydrogens is 198 g/mol. The molecule has 2 unspecified atom stereocenters. The van der Waals surface area contributed by atoms with Crippen molar-refractivity contribution in [3.63, 3.8) is 0 Å². The Labute approximate surface area is 97.9 Å². The second kappa shape index (κ2) is 6.44. The summed E-state index contributed by atoms with van der Waals surface area (Å²) in [6, 6.07) is 9.73. The molecule has 0 bridgehead atoms. The molecule has 2 atom stereocenters. The number of benzene rings is 1. The van der Waals surface area contributed by atoms with Crippen LogP contribution in [0.25, 0.3) is 0 Å². The minimum Gasteiger partial charge on any atom is -0.328 e. The van der Waals surface area contributed by atoms with Gasteiger partial charge in [0.1, 0.15) is 0 Å². The van der Waals surface area contributed by atoms with Gasteiger partial charge >= 0.3 is 0 Å². The van der Waals surface area contributed by atoms with Crippen LogP contribution in [0.4, 0.5) is 0 Å². The maximum Gasteiger partial charge on any atom is 0.165 e. The van der Waals surface area contributed by atoms with Crippen LogP contribution in [0.1, 0.15) is 43.5 Å². The monoisotopic (exact) mass is 219 g/mol. The topological polar surface area (TPSA) is 43.1 Å². The summed E-state index contributed by atoms with van der Waals surface area (Å²) in [6.45, 7) is 4.00. The van der Waals surface area contributed by atoms with Crippen LogP contribution in [0.3, 0.4) is 0 Å². The molecule has 0 saturated heterocycles. The van der Waals surface area contributed by atoms with Crippen LogP contribution in [0.15, 0.2) is 30.3 Å². The Morgan fingerprint density at radius 2 is 1.81 bits per heavy atom. The predicted molar refractivity (Wildman–Crippen MR) is 67.4 cm³/mol. The van der Waals surface area contributed by atoms with E-state index in [1.54, 1.807) is 0 Å². The molecule has 2 N–H and O–H groups in total. The van der Waals surface area contributed by atoms with E-state index in [1.807, 2.05) is 44.2 Å². The van der Waals surface area contributed by atoms with Gasteiger partial charge in [-0.2, -0.15) is 0 Å². The van der Waals surface area contributed by atoms with Crippen LogP contribution in [0.2, 0.25) is 0 Å². The average Bonchev–Trinajstić information content (AvgIpc) is 2.28. The van der Waals surface area contributed by atoms with E-state index < -0.39 is 0 Å². The lowest BCUT2D eigenvalue weighted by molar-refractivity contribution is 0.0922. The third-order valence-electron chi connectivity index (χ3n) is 2.80. The SMILES string of the molecule is CC(N)CCCC(C)C(=O)c1ccccc1. The summed E-state index contributed by atoms with van der Waals surface area (Å²) in [6.07, 6.45) is 2.94. The van der Waals surface area contributed by atoms with Crippen molar-refractivity contribution in [3.05, 3.63) is 35.9 Å². The Balaban J connectivity index is 2.43. The Morgan fingerprint density at radius 3 is 2.38 bits per heavy atom. The number of Topliss-reactive ketones (excluding diaryl/α,β-unsaturated/α-hetero) is 1. The molecule has 0 fully saturated rings. The van der Waals surface area contributed by atoms with E-state index in [4.69, 9.17) is 5.73 Å². The summed E-state index contributed by atoms with van der Waals surface area (Å²) < 4.78 is 0. The zero-order valence-electron chi connectivity index (χ0n) is 10.1. The lowest BCUT2D eigenvalue weighted by Crippen LogP contribution is -2.16. The molecule has 0 aromatic heterocycles. The molecule has 1 rings (SSSR count). The highest BCUT2D eigenvalue weighted by Gasteiger charge is 2.14. The van der Waals surface area contributed by atoms with E-state index in [9.17, 15) is 4.79 Å². The quantitative estimate of drug-likeness (QED) is 0.747. The van der Waals surface area contributed by atoms with Gasteiger partial charge in [0.15, 0.2) is 5.78 Å². The van der Waals surface area contributed by atoms with Gasteiger partial charge in [0, 0.05) is 17.5 Å². The fourth-order valence-corrected chi connectivity index (χ4v) is 1.76. The van der Waals surface area contributed by atoms with Gasteiger partial charge in [-0.3, -0.25) is 4.79 Å². The van der Waals surface area contributed by atoms with Gasteiger partial charge in [-0.1, -0.05) is 43.7 Å². The predicted octanol–water partition coefficient (Wildman–Crippen LogP) is 3.02. The van der Waals surface area contributed by atoms with E-state index in [1.165, 1.54) is 0 Å². The van der Waals surface area contributed by atoms with Crippen LogP contribution >= 0.6 is 0 Å². The van der Waals surface area contributed by atoms with Gasteiger partial charge in [-0.25, -0.2) is 0 Å². The Hall–Kier alpha value is -1.15. The summed E-state index contributed by atoms with van der Waals surface area (Å²) in [7, 11) is 0. The lowest BCUT2D eigenvalue weighted by atomic mass is 9.94. The summed E-state index contributed by atoms with van der Waals surface area (Å²) in [5, 5.41) is 0. The van der Waals surface area contributed by atoms with E-state index in [2.05, 4.69) is 0 Å². The molecule has 2 nitrogen and oxygen atoms in total. The van der Waals surface area contributed by atoms with E-state index >= 15 is 0 Å². The Morgan fingerprint density at radius 1 is 1.19 bits per heavy atom. The first-order valence-electron chi connectivity index (χ1n) is 5.96. The molecule has 0 amide bonds. The van der Waals surface area contributed by atoms with Gasteiger partial charge < -0.3 is 5.73 Å². The average molecular weight is 219 g/mol. The molecule has 0 aliphatic carbocycles. The molecule has 16 heavy (non-hydrogen) atoms. The van der Waals surface area contributed by atoms with Crippen molar-refractivity contribution in [2.75, 3.05) is 0 Å². The van der Waals surface area contributed by atoms with Crippen LogP contribution in [0.5, 0.6) is 0 Å². The number of rotatable bonds is 6. The van der Waals surface area contributed by atoms with Gasteiger partial charge in [-0.05, 0) is 19.8 Å². The molecule has 0 aliphatic rings. The number of ketones is 1. The normalized spacial score (nSPS) is 14.4. The van der Waals surface area contributed by atoms with Gasteiger partial charge in [-0.15, -0.1) is 0 Å². The number of hydrogen-bond donors (Lipinski definition) is 1. The van der Waals surface area contributed by atoms with Crippen molar-refractivity contribution in [3.8, 4) is 0 Å². The molecule has 2 heteroatoms. The van der Waals surface area contributed by atoms with Gasteiger partial charge in [0.25, 0.3) is 0 Å². The maximum atomic E-state index is 12.0. The molecule has 0 heterocycles. The zero-order valence-corrected chi connectivity index (χ0v) is 10.1. The molecule has 0 saturated carbocycles. The van der Waals surface area contributed by atoms with Crippen LogP contribution < -0.4 is 5.73 Å². The van der Waals surface area contributed by atoms with E-state index in [0.717, 1.165) is 24.8 Å². The number of hydrogen-bond acceptors (Lipinski definition) is 2. The first-order valence-corrected chi connectivity index (χ1v) is 5.96. The largest absolute Gasteiger partial charge is 0.328 e. The minimum atomic E-state index is 0.0983. The minimum absolute atomic E-state index is 0.0983. The highest BCUT2D eigenvalue weighted by Crippen LogP contribution is 2.15. The highest BCUT2D eigenvalue weighted by molar-refractivity contribution is 5.97. The molecular formula is C14H21NO. The van der Waals surface area contributed by atoms with Crippen molar-refractivity contribution in [1.29, 1.82) is 0 Å². The first kappa shape index (κ1) is 12.9. The third-order valence-corrected chi connectivity index (χ3v) is 2.80. The Kier molecular flexibility index (Phi) is 5.20. The molecule has 0 aliphatic heterocycles. The van der Waals surface area contributed by atoms with Crippen molar-refractivity contribution in [2.45, 2.75) is 39.2 Å². The fraction of sp³-hybridized carbons (Fsp3) is 0.500. The summed E-state index contributed by atoms with van der Waals surface area (Å²) in [5.74, 6) is 0.339. The first-order chi connectivity index (χ1) is 7.61. The Bertz CT molecular complexity index is 319. The van der Waals surface area contributed by atoms with Crippen LogP contribution in [0, 0.1) is 5.92 Å². The molecule has 88 valence electrons. The number of carbonyl (C=O) groups is 1. The van der Waals surface area contributed by atoms with Gasteiger partial charge in [0.05, 0.1) is 0 Å². The van der Waals surface area contributed by atoms with Crippen molar-refractivity contribution >= 4 is 5.78 Å². The van der Waals surface area contributed by atoms with Crippen molar-refractivity contribution in [1.82, 2.24) is 0 Å². The number of carbonyl (C=O) groups excluding carboxylic acids is 1. The highest BCUT2D eigenvalue weighted by atomic mass is 16.1. The van der Waals surface area contributed by atoms with E-state index in [0.29, 0.717) is 0 Å². The standard InChI is InChI=1S/C14H21NO/c1-11(7-6-8-12(2)15)14(16)13-9-4-3-5-10-13/h3-5,9-12H,6-8,15H2,1-2H3. The smallest absolute Gasteiger partial charge is 0.165 e. The summed E-state index contributed by atoms with van der Waals surface area (Å²) >= 11 is 0. The van der Waals surface area contributed by atoms with Crippen LogP contribution in [-0.4, -0.2) is 11.8 Å². The summed E-state index contributed by atoms with van der Waals surface area (Å²) in [5.41, 5.74) is 6.50. The second-order valence-corrected chi connectivity index (χ2v) is 4.54. The van der Waals surface area contributed by atoms with E-state index in [-0.39, 0.29) is 17.7 Å². The van der Waals surface area contributed by atoms with Crippen molar-refractivity contribution in [2.24, 2.45) is 11.7 Å². The lowest BCUT2D eigenvalue weighted by Gasteiger charge is -2.11. The third kappa shape index (κ3) is 4.15. The molecule has 0 radical (unpaired) electrons. The maximum absolute atomic E-state index is 12.0. The molecule has 1 aromatic rings. The molecule has 1 aromatic carbocycles. The van der Waals surface area contributed by atoms with Crippen molar-refractivity contribution < 1.29 is 4.79 Å². The molecule has 0 spiro atoms.